The van der Waals surface area contributed by atoms with Gasteiger partial charge in [-0.3, -0.25) is 14.2 Å². The van der Waals surface area contributed by atoms with Crippen molar-refractivity contribution >= 4 is 43.1 Å². The third kappa shape index (κ3) is 5.70. The number of nitrogens with zero attached hydrogens (tertiary/aromatic N) is 2. The Morgan fingerprint density at radius 2 is 1.34 bits per heavy atom. The predicted octanol–water partition coefficient (Wildman–Crippen LogP) is 2.05. The SMILES string of the molecule is COc1cc(NS(=O)(=O)c2ccc(NS(=O)(=O)c3ccc(NC(C)=O)cc3)cc2)ncn1. The third-order valence-corrected chi connectivity index (χ3v) is 6.76. The molecule has 1 amide bonds. The number of ether oxygens (including phenoxy) is 1. The number of hydrogen-bond acceptors (Lipinski definition) is 8. The molecule has 0 aliphatic heterocycles. The number of sulfonamides is 2. The maximum Gasteiger partial charge on any atom is 0.263 e. The van der Waals surface area contributed by atoms with Crippen molar-refractivity contribution in [3.05, 3.63) is 60.9 Å². The molecular formula is C19H19N5O6S2. The second kappa shape index (κ2) is 9.20. The van der Waals surface area contributed by atoms with Crippen LogP contribution in [0, 0.1) is 0 Å². The van der Waals surface area contributed by atoms with Crippen molar-refractivity contribution in [1.82, 2.24) is 9.97 Å². The summed E-state index contributed by atoms with van der Waals surface area (Å²) < 4.78 is 59.8. The molecule has 3 rings (SSSR count). The highest BCUT2D eigenvalue weighted by Crippen LogP contribution is 2.21. The lowest BCUT2D eigenvalue weighted by Crippen LogP contribution is -2.15. The van der Waals surface area contributed by atoms with Gasteiger partial charge in [-0.1, -0.05) is 0 Å². The Kier molecular flexibility index (Phi) is 6.60. The first-order valence-electron chi connectivity index (χ1n) is 8.98. The van der Waals surface area contributed by atoms with Crippen LogP contribution in [0.3, 0.4) is 0 Å². The van der Waals surface area contributed by atoms with Gasteiger partial charge in [-0.05, 0) is 48.5 Å². The van der Waals surface area contributed by atoms with E-state index in [1.165, 1.54) is 68.6 Å². The van der Waals surface area contributed by atoms with Gasteiger partial charge in [0.2, 0.25) is 11.8 Å². The Hall–Kier alpha value is -3.71. The molecule has 0 saturated carbocycles. The summed E-state index contributed by atoms with van der Waals surface area (Å²) in [4.78, 5) is 18.6. The third-order valence-electron chi connectivity index (χ3n) is 3.99. The van der Waals surface area contributed by atoms with Crippen LogP contribution < -0.4 is 19.5 Å². The van der Waals surface area contributed by atoms with Crippen molar-refractivity contribution in [1.29, 1.82) is 0 Å². The van der Waals surface area contributed by atoms with Crippen molar-refractivity contribution in [2.45, 2.75) is 16.7 Å². The van der Waals surface area contributed by atoms with Crippen LogP contribution in [0.5, 0.6) is 5.88 Å². The van der Waals surface area contributed by atoms with E-state index in [1.54, 1.807) is 0 Å². The van der Waals surface area contributed by atoms with E-state index in [9.17, 15) is 21.6 Å². The summed E-state index contributed by atoms with van der Waals surface area (Å²) in [6.07, 6.45) is 1.15. The second-order valence-corrected chi connectivity index (χ2v) is 9.75. The molecule has 11 nitrogen and oxygen atoms in total. The molecule has 0 fully saturated rings. The maximum absolute atomic E-state index is 12.6. The minimum Gasteiger partial charge on any atom is -0.481 e. The first-order chi connectivity index (χ1) is 15.1. The lowest BCUT2D eigenvalue weighted by Gasteiger charge is -2.11. The van der Waals surface area contributed by atoms with E-state index in [1.807, 2.05) is 0 Å². The van der Waals surface area contributed by atoms with E-state index in [0.717, 1.165) is 6.33 Å². The van der Waals surface area contributed by atoms with Crippen LogP contribution in [0.15, 0.2) is 70.7 Å². The largest absolute Gasteiger partial charge is 0.481 e. The molecule has 32 heavy (non-hydrogen) atoms. The Balaban J connectivity index is 1.73. The van der Waals surface area contributed by atoms with Gasteiger partial charge in [0.15, 0.2) is 0 Å². The minimum atomic E-state index is -3.97. The molecule has 0 aliphatic rings. The number of carbonyl (C=O) groups is 1. The standard InChI is InChI=1S/C19H19N5O6S2/c1-13(25)22-14-3-7-16(8-4-14)31(26,27)23-15-5-9-17(10-6-15)32(28,29)24-18-11-19(30-2)21-12-20-18/h3-12,23H,1-2H3,(H,22,25)(H,20,21,24). The average Bonchev–Trinajstić information content (AvgIpc) is 2.73. The van der Waals surface area contributed by atoms with E-state index in [2.05, 4.69) is 24.7 Å². The fourth-order valence-electron chi connectivity index (χ4n) is 2.54. The van der Waals surface area contributed by atoms with Crippen molar-refractivity contribution in [2.24, 2.45) is 0 Å². The Bertz CT molecular complexity index is 1330. The van der Waals surface area contributed by atoms with E-state index in [4.69, 9.17) is 4.74 Å². The molecule has 0 aliphatic carbocycles. The van der Waals surface area contributed by atoms with Gasteiger partial charge in [-0.2, -0.15) is 0 Å². The molecule has 0 saturated heterocycles. The monoisotopic (exact) mass is 477 g/mol. The fourth-order valence-corrected chi connectivity index (χ4v) is 4.60. The highest BCUT2D eigenvalue weighted by Gasteiger charge is 2.18. The number of rotatable bonds is 8. The summed E-state index contributed by atoms with van der Waals surface area (Å²) in [5, 5.41) is 2.55. The number of methoxy groups -OCH3 is 1. The van der Waals surface area contributed by atoms with Gasteiger partial charge in [0.1, 0.15) is 12.1 Å². The summed E-state index contributed by atoms with van der Waals surface area (Å²) in [6, 6.07) is 12.0. The molecule has 3 N–H and O–H groups in total. The van der Waals surface area contributed by atoms with E-state index in [-0.39, 0.29) is 33.1 Å². The highest BCUT2D eigenvalue weighted by atomic mass is 32.2. The normalized spacial score (nSPS) is 11.4. The molecule has 0 unspecified atom stereocenters. The van der Waals surface area contributed by atoms with E-state index < -0.39 is 20.0 Å². The lowest BCUT2D eigenvalue weighted by molar-refractivity contribution is -0.114. The number of hydrogen-bond donors (Lipinski definition) is 3. The molecule has 168 valence electrons. The highest BCUT2D eigenvalue weighted by molar-refractivity contribution is 7.93. The molecule has 3 aromatic rings. The molecule has 0 radical (unpaired) electrons. The van der Waals surface area contributed by atoms with Gasteiger partial charge in [-0.25, -0.2) is 26.8 Å². The van der Waals surface area contributed by atoms with Gasteiger partial charge < -0.3 is 10.1 Å². The quantitative estimate of drug-likeness (QED) is 0.445. The van der Waals surface area contributed by atoms with Crippen molar-refractivity contribution in [3.8, 4) is 5.88 Å². The van der Waals surface area contributed by atoms with Crippen LogP contribution in [0.25, 0.3) is 0 Å². The molecule has 1 aromatic heterocycles. The maximum atomic E-state index is 12.6. The van der Waals surface area contributed by atoms with E-state index in [0.29, 0.717) is 5.69 Å². The van der Waals surface area contributed by atoms with Crippen LogP contribution in [-0.4, -0.2) is 39.8 Å². The fraction of sp³-hybridized carbons (Fsp3) is 0.105. The number of anilines is 3. The van der Waals surface area contributed by atoms with Gasteiger partial charge >= 0.3 is 0 Å². The summed E-state index contributed by atoms with van der Waals surface area (Å²) in [5.41, 5.74) is 0.624. The zero-order chi connectivity index (χ0) is 23.4. The zero-order valence-electron chi connectivity index (χ0n) is 16.9. The first-order valence-corrected chi connectivity index (χ1v) is 11.9. The number of nitrogens with one attached hydrogen (secondary N) is 3. The number of carbonyl (C=O) groups excluding carboxylic acids is 1. The summed E-state index contributed by atoms with van der Waals surface area (Å²) >= 11 is 0. The van der Waals surface area contributed by atoms with Gasteiger partial charge in [-0.15, -0.1) is 0 Å². The van der Waals surface area contributed by atoms with Gasteiger partial charge in [0.05, 0.1) is 16.9 Å². The minimum absolute atomic E-state index is 0.0179. The predicted molar refractivity (Wildman–Crippen MR) is 117 cm³/mol. The van der Waals surface area contributed by atoms with Crippen molar-refractivity contribution in [2.75, 3.05) is 21.9 Å². The van der Waals surface area contributed by atoms with Crippen LogP contribution >= 0.6 is 0 Å². The van der Waals surface area contributed by atoms with Crippen LogP contribution in [-0.2, 0) is 24.8 Å². The van der Waals surface area contributed by atoms with Crippen molar-refractivity contribution in [3.63, 3.8) is 0 Å². The molecule has 0 atom stereocenters. The number of aromatic nitrogens is 2. The van der Waals surface area contributed by atoms with Gasteiger partial charge in [0, 0.05) is 24.4 Å². The van der Waals surface area contributed by atoms with Crippen LogP contribution in [0.1, 0.15) is 6.92 Å². The Labute approximate surface area is 185 Å². The second-order valence-electron chi connectivity index (χ2n) is 6.39. The average molecular weight is 478 g/mol. The molecule has 0 bridgehead atoms. The van der Waals surface area contributed by atoms with Crippen LogP contribution in [0.2, 0.25) is 0 Å². The molecule has 1 heterocycles. The number of amides is 1. The topological polar surface area (TPSA) is 156 Å². The van der Waals surface area contributed by atoms with Crippen LogP contribution in [0.4, 0.5) is 17.2 Å². The van der Waals surface area contributed by atoms with Crippen molar-refractivity contribution < 1.29 is 26.4 Å². The first kappa shape index (κ1) is 23.0. The Morgan fingerprint density at radius 3 is 1.88 bits per heavy atom. The van der Waals surface area contributed by atoms with E-state index >= 15 is 0 Å². The molecule has 13 heteroatoms. The smallest absolute Gasteiger partial charge is 0.263 e. The lowest BCUT2D eigenvalue weighted by atomic mass is 10.3. The molecule has 0 spiro atoms. The number of benzene rings is 2. The zero-order valence-corrected chi connectivity index (χ0v) is 18.6. The summed E-state index contributed by atoms with van der Waals surface area (Å²) in [7, 11) is -6.51. The van der Waals surface area contributed by atoms with Gasteiger partial charge in [0.25, 0.3) is 20.0 Å². The molecule has 2 aromatic carbocycles. The Morgan fingerprint density at radius 1 is 0.812 bits per heavy atom. The molecular weight excluding hydrogens is 458 g/mol. The summed E-state index contributed by atoms with van der Waals surface area (Å²) in [6.45, 7) is 1.34. The summed E-state index contributed by atoms with van der Waals surface area (Å²) in [5.74, 6) is -0.0704.